The normalized spacial score (nSPS) is 10.4. The molecule has 0 bridgehead atoms. The maximum absolute atomic E-state index is 12.5. The number of hydrogen-bond acceptors (Lipinski definition) is 7. The van der Waals surface area contributed by atoms with E-state index in [2.05, 4.69) is 16.8 Å². The van der Waals surface area contributed by atoms with Gasteiger partial charge in [0.1, 0.15) is 13.2 Å². The zero-order valence-electron chi connectivity index (χ0n) is 21.5. The summed E-state index contributed by atoms with van der Waals surface area (Å²) in [4.78, 5) is 41.2. The van der Waals surface area contributed by atoms with Crippen molar-refractivity contribution in [1.82, 2.24) is 4.98 Å². The molecule has 7 heteroatoms. The van der Waals surface area contributed by atoms with Crippen LogP contribution in [0.5, 0.6) is 5.75 Å². The van der Waals surface area contributed by atoms with Crippen molar-refractivity contribution in [2.75, 3.05) is 0 Å². The first-order valence-corrected chi connectivity index (χ1v) is 12.4. The number of carbonyl (C=O) groups excluding carboxylic acids is 3. The smallest absolute Gasteiger partial charge is 0.311 e. The van der Waals surface area contributed by atoms with Gasteiger partial charge in [-0.05, 0) is 52.4 Å². The Bertz CT molecular complexity index is 967. The predicted molar refractivity (Wildman–Crippen MR) is 137 cm³/mol. The van der Waals surface area contributed by atoms with Gasteiger partial charge in [-0.25, -0.2) is 0 Å². The molecule has 194 valence electrons. The third-order valence-electron chi connectivity index (χ3n) is 5.28. The minimum atomic E-state index is -0.408. The van der Waals surface area contributed by atoms with Crippen molar-refractivity contribution in [2.45, 2.75) is 97.7 Å². The average molecular weight is 496 g/mol. The van der Waals surface area contributed by atoms with Gasteiger partial charge < -0.3 is 14.2 Å². The van der Waals surface area contributed by atoms with E-state index in [4.69, 9.17) is 27.1 Å². The third kappa shape index (κ3) is 12.8. The number of carbonyl (C=O) groups is 3. The summed E-state index contributed by atoms with van der Waals surface area (Å²) in [5.74, 6) is 4.15. The number of aryl methyl sites for hydroxylation is 1. The summed E-state index contributed by atoms with van der Waals surface area (Å²) in [5.41, 5.74) is 1.44. The molecule has 0 aliphatic rings. The van der Waals surface area contributed by atoms with Crippen molar-refractivity contribution < 1.29 is 28.6 Å². The van der Waals surface area contributed by atoms with E-state index in [-0.39, 0.29) is 50.2 Å². The number of terminal acetylenes is 2. The Kier molecular flexibility index (Phi) is 15.8. The number of allylic oxidation sites excluding steroid dienone is 2. The van der Waals surface area contributed by atoms with Crippen molar-refractivity contribution in [3.63, 3.8) is 0 Å². The highest BCUT2D eigenvalue weighted by atomic mass is 16.5. The summed E-state index contributed by atoms with van der Waals surface area (Å²) in [7, 11) is 0. The molecule has 1 heterocycles. The maximum atomic E-state index is 12.5. The quantitative estimate of drug-likeness (QED) is 0.122. The second-order valence-corrected chi connectivity index (χ2v) is 8.26. The van der Waals surface area contributed by atoms with E-state index in [1.807, 2.05) is 19.1 Å². The lowest BCUT2D eigenvalue weighted by Crippen LogP contribution is -2.15. The molecule has 0 amide bonds. The summed E-state index contributed by atoms with van der Waals surface area (Å²) in [6.45, 7) is 3.41. The second-order valence-electron chi connectivity index (χ2n) is 8.26. The molecule has 7 nitrogen and oxygen atoms in total. The molecule has 0 unspecified atom stereocenters. The first kappa shape index (κ1) is 30.5. The van der Waals surface area contributed by atoms with Gasteiger partial charge in [-0.3, -0.25) is 19.4 Å². The molecule has 0 aliphatic heterocycles. The van der Waals surface area contributed by atoms with Gasteiger partial charge in [-0.1, -0.05) is 12.2 Å². The van der Waals surface area contributed by atoms with Crippen LogP contribution >= 0.6 is 0 Å². The number of unbranched alkanes of at least 4 members (excludes halogenated alkanes) is 5. The maximum Gasteiger partial charge on any atom is 0.311 e. The lowest BCUT2D eigenvalue weighted by molar-refractivity contribution is -0.146. The minimum Gasteiger partial charge on any atom is -0.461 e. The van der Waals surface area contributed by atoms with E-state index < -0.39 is 5.97 Å². The van der Waals surface area contributed by atoms with Crippen LogP contribution in [0.15, 0.2) is 18.3 Å². The SMILES string of the molecule is C#CCCCCC(=O)OCc1cnc(C)c(OC(=O)CCC/C=C\C)c1COC(=O)CCCCC#C. The van der Waals surface area contributed by atoms with Crippen molar-refractivity contribution in [2.24, 2.45) is 0 Å². The fourth-order valence-electron chi connectivity index (χ4n) is 3.24. The molecule has 0 atom stereocenters. The Morgan fingerprint density at radius 3 is 2.06 bits per heavy atom. The van der Waals surface area contributed by atoms with Crippen LogP contribution in [0, 0.1) is 31.6 Å². The third-order valence-corrected chi connectivity index (χ3v) is 5.28. The van der Waals surface area contributed by atoms with Crippen LogP contribution in [-0.2, 0) is 37.1 Å². The Labute approximate surface area is 215 Å². The summed E-state index contributed by atoms with van der Waals surface area (Å²) >= 11 is 0. The highest BCUT2D eigenvalue weighted by molar-refractivity contribution is 5.73. The van der Waals surface area contributed by atoms with Gasteiger partial charge in [-0.2, -0.15) is 0 Å². The molecule has 0 spiro atoms. The van der Waals surface area contributed by atoms with Crippen molar-refractivity contribution in [3.8, 4) is 30.4 Å². The molecule has 0 saturated heterocycles. The molecular weight excluding hydrogens is 458 g/mol. The monoisotopic (exact) mass is 495 g/mol. The molecule has 1 aromatic rings. The van der Waals surface area contributed by atoms with E-state index >= 15 is 0 Å². The van der Waals surface area contributed by atoms with Gasteiger partial charge >= 0.3 is 17.9 Å². The van der Waals surface area contributed by atoms with Crippen molar-refractivity contribution in [1.29, 1.82) is 0 Å². The highest BCUT2D eigenvalue weighted by Crippen LogP contribution is 2.28. The first-order chi connectivity index (χ1) is 17.4. The molecule has 0 aliphatic carbocycles. The minimum absolute atomic E-state index is 0.0812. The fraction of sp³-hybridized carbons (Fsp3) is 0.517. The van der Waals surface area contributed by atoms with Gasteiger partial charge in [0.25, 0.3) is 0 Å². The lowest BCUT2D eigenvalue weighted by Gasteiger charge is -2.17. The molecular formula is C29H37NO6. The summed E-state index contributed by atoms with van der Waals surface area (Å²) in [5, 5.41) is 0. The van der Waals surface area contributed by atoms with Crippen LogP contribution in [0.2, 0.25) is 0 Å². The molecule has 36 heavy (non-hydrogen) atoms. The number of hydrogen-bond donors (Lipinski definition) is 0. The van der Waals surface area contributed by atoms with Gasteiger partial charge in [0.05, 0.1) is 5.69 Å². The number of esters is 3. The van der Waals surface area contributed by atoms with E-state index in [0.29, 0.717) is 48.9 Å². The van der Waals surface area contributed by atoms with Crippen LogP contribution in [-0.4, -0.2) is 22.9 Å². The Morgan fingerprint density at radius 2 is 1.47 bits per heavy atom. The van der Waals surface area contributed by atoms with E-state index in [1.54, 1.807) is 13.1 Å². The zero-order chi connectivity index (χ0) is 26.6. The molecule has 0 radical (unpaired) electrons. The van der Waals surface area contributed by atoms with Crippen molar-refractivity contribution >= 4 is 17.9 Å². The highest BCUT2D eigenvalue weighted by Gasteiger charge is 2.20. The fourth-order valence-corrected chi connectivity index (χ4v) is 3.24. The van der Waals surface area contributed by atoms with Crippen LogP contribution in [0.25, 0.3) is 0 Å². The second kappa shape index (κ2) is 18.7. The van der Waals surface area contributed by atoms with Crippen LogP contribution in [0.4, 0.5) is 0 Å². The Balaban J connectivity index is 2.94. The standard InChI is InChI=1S/C29H37NO6/c1-5-8-11-14-17-26(31)34-21-24-20-30-23(4)29(36-28(33)19-16-13-10-7-3)25(24)22-35-27(32)18-15-12-9-6-2/h1-2,7,10,20H,8-9,11-19,21-22H2,3-4H3/b10-7-. The predicted octanol–water partition coefficient (Wildman–Crippen LogP) is 5.52. The number of aromatic nitrogens is 1. The number of ether oxygens (including phenoxy) is 3. The number of nitrogens with zero attached hydrogens (tertiary/aromatic N) is 1. The molecule has 0 N–H and O–H groups in total. The molecule has 0 saturated carbocycles. The molecule has 1 aromatic heterocycles. The Morgan fingerprint density at radius 1 is 0.889 bits per heavy atom. The van der Waals surface area contributed by atoms with Gasteiger partial charge in [0.15, 0.2) is 5.75 Å². The van der Waals surface area contributed by atoms with E-state index in [1.165, 1.54) is 0 Å². The van der Waals surface area contributed by atoms with Gasteiger partial charge in [-0.15, -0.1) is 24.7 Å². The largest absolute Gasteiger partial charge is 0.461 e. The Hall–Kier alpha value is -3.58. The first-order valence-electron chi connectivity index (χ1n) is 12.4. The van der Waals surface area contributed by atoms with Crippen LogP contribution in [0.3, 0.4) is 0 Å². The topological polar surface area (TPSA) is 91.8 Å². The molecule has 0 fully saturated rings. The zero-order valence-corrected chi connectivity index (χ0v) is 21.5. The van der Waals surface area contributed by atoms with Crippen molar-refractivity contribution in [3.05, 3.63) is 35.2 Å². The van der Waals surface area contributed by atoms with Gasteiger partial charge in [0.2, 0.25) is 0 Å². The summed E-state index contributed by atoms with van der Waals surface area (Å²) in [6.07, 6.45) is 22.0. The van der Waals surface area contributed by atoms with Crippen LogP contribution in [0.1, 0.15) is 94.4 Å². The lowest BCUT2D eigenvalue weighted by atomic mass is 10.1. The number of pyridine rings is 1. The molecule has 1 rings (SSSR count). The number of rotatable bonds is 17. The van der Waals surface area contributed by atoms with E-state index in [0.717, 1.165) is 19.3 Å². The molecule has 0 aromatic carbocycles. The van der Waals surface area contributed by atoms with Crippen LogP contribution < -0.4 is 4.74 Å². The van der Waals surface area contributed by atoms with E-state index in [9.17, 15) is 14.4 Å². The average Bonchev–Trinajstić information content (AvgIpc) is 2.86. The summed E-state index contributed by atoms with van der Waals surface area (Å²) in [6, 6.07) is 0. The summed E-state index contributed by atoms with van der Waals surface area (Å²) < 4.78 is 16.5. The van der Waals surface area contributed by atoms with Gasteiger partial charge in [0, 0.05) is 49.4 Å².